The number of imidazole rings is 1. The summed E-state index contributed by atoms with van der Waals surface area (Å²) in [5.41, 5.74) is 6.37. The van der Waals surface area contributed by atoms with Crippen molar-refractivity contribution in [3.63, 3.8) is 0 Å². The second-order valence-electron chi connectivity index (χ2n) is 5.76. The highest BCUT2D eigenvalue weighted by Gasteiger charge is 2.14. The molecule has 0 aliphatic rings. The van der Waals surface area contributed by atoms with Crippen LogP contribution in [-0.4, -0.2) is 21.0 Å². The summed E-state index contributed by atoms with van der Waals surface area (Å²) in [7, 11) is 0. The molecular formula is C18H20BrN3O. The maximum atomic E-state index is 5.67. The molecule has 0 aliphatic heterocycles. The minimum atomic E-state index is 0.671. The molecule has 0 unspecified atom stereocenters. The van der Waals surface area contributed by atoms with Gasteiger partial charge in [-0.2, -0.15) is 0 Å². The van der Waals surface area contributed by atoms with E-state index in [4.69, 9.17) is 9.72 Å². The van der Waals surface area contributed by atoms with Crippen LogP contribution in [0, 0.1) is 27.7 Å². The van der Waals surface area contributed by atoms with E-state index in [-0.39, 0.29) is 0 Å². The van der Waals surface area contributed by atoms with Crippen molar-refractivity contribution in [2.75, 3.05) is 6.61 Å². The quantitative estimate of drug-likeness (QED) is 0.662. The summed E-state index contributed by atoms with van der Waals surface area (Å²) in [5.74, 6) is 1.66. The first-order valence-corrected chi connectivity index (χ1v) is 8.48. The van der Waals surface area contributed by atoms with E-state index in [0.29, 0.717) is 6.61 Å². The summed E-state index contributed by atoms with van der Waals surface area (Å²) in [4.78, 5) is 9.28. The lowest BCUT2D eigenvalue weighted by molar-refractivity contribution is 0.337. The molecule has 120 valence electrons. The Morgan fingerprint density at radius 1 is 1.09 bits per heavy atom. The third kappa shape index (κ3) is 2.74. The average molecular weight is 374 g/mol. The van der Waals surface area contributed by atoms with Gasteiger partial charge in [-0.15, -0.1) is 0 Å². The molecule has 0 atom stereocenters. The minimum Gasteiger partial charge on any atom is -0.494 e. The van der Waals surface area contributed by atoms with E-state index in [1.165, 1.54) is 0 Å². The van der Waals surface area contributed by atoms with Gasteiger partial charge in [0.05, 0.1) is 22.5 Å². The second-order valence-corrected chi connectivity index (χ2v) is 6.55. The number of aromatic nitrogens is 3. The van der Waals surface area contributed by atoms with Gasteiger partial charge < -0.3 is 4.74 Å². The highest BCUT2D eigenvalue weighted by Crippen LogP contribution is 2.31. The van der Waals surface area contributed by atoms with Crippen LogP contribution in [0.5, 0.6) is 5.75 Å². The monoisotopic (exact) mass is 373 g/mol. The molecule has 3 rings (SSSR count). The molecule has 0 bridgehead atoms. The lowest BCUT2D eigenvalue weighted by atomic mass is 10.0. The van der Waals surface area contributed by atoms with Gasteiger partial charge in [0.25, 0.3) is 0 Å². The zero-order chi connectivity index (χ0) is 16.7. The zero-order valence-electron chi connectivity index (χ0n) is 14.1. The maximum Gasteiger partial charge on any atom is 0.234 e. The number of rotatable bonds is 3. The van der Waals surface area contributed by atoms with Crippen LogP contribution < -0.4 is 4.74 Å². The van der Waals surface area contributed by atoms with E-state index in [1.807, 2.05) is 24.4 Å². The number of benzene rings is 1. The number of hydrogen-bond donors (Lipinski definition) is 0. The smallest absolute Gasteiger partial charge is 0.234 e. The maximum absolute atomic E-state index is 5.67. The third-order valence-electron chi connectivity index (χ3n) is 4.05. The first-order chi connectivity index (χ1) is 10.9. The van der Waals surface area contributed by atoms with E-state index in [9.17, 15) is 0 Å². The van der Waals surface area contributed by atoms with E-state index < -0.39 is 0 Å². The normalized spacial score (nSPS) is 11.2. The number of hydrogen-bond acceptors (Lipinski definition) is 3. The van der Waals surface area contributed by atoms with Gasteiger partial charge in [0.15, 0.2) is 0 Å². The summed E-state index contributed by atoms with van der Waals surface area (Å²) in [6.45, 7) is 10.9. The van der Waals surface area contributed by atoms with E-state index >= 15 is 0 Å². The molecule has 4 nitrogen and oxygen atoms in total. The predicted molar refractivity (Wildman–Crippen MR) is 96.2 cm³/mol. The fourth-order valence-electron chi connectivity index (χ4n) is 2.77. The van der Waals surface area contributed by atoms with Crippen LogP contribution in [-0.2, 0) is 0 Å². The van der Waals surface area contributed by atoms with Crippen LogP contribution in [0.25, 0.3) is 17.0 Å². The van der Waals surface area contributed by atoms with Gasteiger partial charge in [0.1, 0.15) is 5.75 Å². The van der Waals surface area contributed by atoms with Gasteiger partial charge in [0, 0.05) is 17.5 Å². The summed E-state index contributed by atoms with van der Waals surface area (Å²) >= 11 is 3.59. The number of ether oxygens (including phenoxy) is 1. The second kappa shape index (κ2) is 5.96. The summed E-state index contributed by atoms with van der Waals surface area (Å²) in [6, 6.07) is 4.22. The Kier molecular flexibility index (Phi) is 4.15. The largest absolute Gasteiger partial charge is 0.494 e. The van der Waals surface area contributed by atoms with Crippen LogP contribution in [0.15, 0.2) is 22.8 Å². The highest BCUT2D eigenvalue weighted by molar-refractivity contribution is 9.10. The molecule has 0 saturated carbocycles. The van der Waals surface area contributed by atoms with Gasteiger partial charge in [0.2, 0.25) is 5.78 Å². The van der Waals surface area contributed by atoms with E-state index in [0.717, 1.165) is 49.8 Å². The Balaban J connectivity index is 2.17. The molecule has 0 radical (unpaired) electrons. The van der Waals surface area contributed by atoms with Gasteiger partial charge >= 0.3 is 0 Å². The molecular weight excluding hydrogens is 354 g/mol. The number of halogens is 1. The lowest BCUT2D eigenvalue weighted by Gasteiger charge is -2.11. The van der Waals surface area contributed by atoms with Crippen molar-refractivity contribution < 1.29 is 4.74 Å². The van der Waals surface area contributed by atoms with E-state index in [1.54, 1.807) is 0 Å². The molecule has 0 fully saturated rings. The summed E-state index contributed by atoms with van der Waals surface area (Å²) in [5, 5.41) is 0. The third-order valence-corrected chi connectivity index (χ3v) is 5.20. The fraction of sp³-hybridized carbons (Fsp3) is 0.333. The molecule has 0 spiro atoms. The van der Waals surface area contributed by atoms with Crippen LogP contribution in [0.1, 0.15) is 29.4 Å². The van der Waals surface area contributed by atoms with Gasteiger partial charge in [-0.3, -0.25) is 4.40 Å². The standard InChI is InChI=1S/C18H20BrN3O/c1-6-23-16-8-10(2)14(7-11(16)3)15-9-22-13(5)17(19)12(4)20-18(22)21-15/h7-9H,6H2,1-5H3. The van der Waals surface area contributed by atoms with Gasteiger partial charge in [-0.05, 0) is 73.8 Å². The van der Waals surface area contributed by atoms with E-state index in [2.05, 4.69) is 53.8 Å². The Hall–Kier alpha value is -1.88. The summed E-state index contributed by atoms with van der Waals surface area (Å²) in [6.07, 6.45) is 2.05. The Morgan fingerprint density at radius 3 is 2.52 bits per heavy atom. The SMILES string of the molecule is CCOc1cc(C)c(-c2cn3c(C)c(Br)c(C)nc3n2)cc1C. The number of nitrogens with zero attached hydrogens (tertiary/aromatic N) is 3. The van der Waals surface area contributed by atoms with Crippen molar-refractivity contribution in [1.82, 2.24) is 14.4 Å². The average Bonchev–Trinajstić information content (AvgIpc) is 2.92. The predicted octanol–water partition coefficient (Wildman–Crippen LogP) is 4.79. The minimum absolute atomic E-state index is 0.671. The number of aryl methyl sites for hydroxylation is 4. The van der Waals surface area contributed by atoms with Crippen molar-refractivity contribution >= 4 is 21.7 Å². The molecule has 3 aromatic rings. The molecule has 0 saturated heterocycles. The van der Waals surface area contributed by atoms with Crippen LogP contribution in [0.2, 0.25) is 0 Å². The Bertz CT molecular complexity index is 899. The molecule has 0 N–H and O–H groups in total. The lowest BCUT2D eigenvalue weighted by Crippen LogP contribution is -1.97. The first-order valence-electron chi connectivity index (χ1n) is 7.68. The molecule has 0 aliphatic carbocycles. The molecule has 1 aromatic carbocycles. The fourth-order valence-corrected chi connectivity index (χ4v) is 3.05. The van der Waals surface area contributed by atoms with Crippen LogP contribution in [0.3, 0.4) is 0 Å². The molecule has 2 heterocycles. The van der Waals surface area contributed by atoms with Crippen LogP contribution in [0.4, 0.5) is 0 Å². The van der Waals surface area contributed by atoms with Gasteiger partial charge in [-0.1, -0.05) is 0 Å². The summed E-state index contributed by atoms with van der Waals surface area (Å²) < 4.78 is 8.72. The van der Waals surface area contributed by atoms with Crippen molar-refractivity contribution in [2.45, 2.75) is 34.6 Å². The van der Waals surface area contributed by atoms with Crippen molar-refractivity contribution in [3.8, 4) is 17.0 Å². The van der Waals surface area contributed by atoms with Crippen molar-refractivity contribution in [1.29, 1.82) is 0 Å². The zero-order valence-corrected chi connectivity index (χ0v) is 15.7. The molecule has 5 heteroatoms. The molecule has 0 amide bonds. The Morgan fingerprint density at radius 2 is 1.83 bits per heavy atom. The molecule has 23 heavy (non-hydrogen) atoms. The van der Waals surface area contributed by atoms with Crippen molar-refractivity contribution in [3.05, 3.63) is 45.3 Å². The first kappa shape index (κ1) is 16.0. The molecule has 2 aromatic heterocycles. The Labute approximate surface area is 144 Å². The highest BCUT2D eigenvalue weighted by atomic mass is 79.9. The van der Waals surface area contributed by atoms with Gasteiger partial charge in [-0.25, -0.2) is 9.97 Å². The number of fused-ring (bicyclic) bond motifs is 1. The van der Waals surface area contributed by atoms with Crippen LogP contribution >= 0.6 is 15.9 Å². The van der Waals surface area contributed by atoms with Crippen molar-refractivity contribution in [2.24, 2.45) is 0 Å². The topological polar surface area (TPSA) is 39.4 Å².